The lowest BCUT2D eigenvalue weighted by atomic mass is 9.59. The van der Waals surface area contributed by atoms with Crippen molar-refractivity contribution in [2.45, 2.75) is 70.9 Å². The Balaban J connectivity index is 1.74. The molecule has 1 amide bonds. The van der Waals surface area contributed by atoms with Crippen LogP contribution < -0.4 is 0 Å². The van der Waals surface area contributed by atoms with Gasteiger partial charge in [-0.2, -0.15) is 0 Å². The number of aliphatic hydroxyl groups is 1. The molecule has 6 nitrogen and oxygen atoms in total. The van der Waals surface area contributed by atoms with E-state index in [1.807, 2.05) is 27.7 Å². The molecular formula is C18H31NO5. The zero-order chi connectivity index (χ0) is 17.6. The Morgan fingerprint density at radius 1 is 1.29 bits per heavy atom. The van der Waals surface area contributed by atoms with Gasteiger partial charge in [0.05, 0.1) is 19.3 Å². The largest absolute Gasteiger partial charge is 0.444 e. The lowest BCUT2D eigenvalue weighted by Crippen LogP contribution is -2.60. The lowest BCUT2D eigenvalue weighted by Gasteiger charge is -2.55. The van der Waals surface area contributed by atoms with Crippen molar-refractivity contribution >= 4 is 6.09 Å². The number of nitrogens with zero attached hydrogens (tertiary/aromatic N) is 1. The number of hydrogen-bond donors (Lipinski definition) is 1. The van der Waals surface area contributed by atoms with Crippen molar-refractivity contribution in [2.75, 3.05) is 26.3 Å². The van der Waals surface area contributed by atoms with Gasteiger partial charge in [-0.3, -0.25) is 0 Å². The maximum Gasteiger partial charge on any atom is 0.410 e. The first kappa shape index (κ1) is 18.0. The van der Waals surface area contributed by atoms with E-state index in [-0.39, 0.29) is 11.5 Å². The molecule has 3 aliphatic rings. The number of ether oxygens (including phenoxy) is 3. The second-order valence-corrected chi connectivity index (χ2v) is 8.61. The van der Waals surface area contributed by atoms with Crippen LogP contribution >= 0.6 is 0 Å². The number of carbonyl (C=O) groups is 1. The SMILES string of the molecule is CC(O)[C@]12CCC3(C[C@@H]1CCN(C(=O)OC(C)(C)C)C2)OCCO3. The third kappa shape index (κ3) is 3.28. The molecule has 1 unspecified atom stereocenters. The van der Waals surface area contributed by atoms with Gasteiger partial charge in [-0.05, 0) is 46.5 Å². The Morgan fingerprint density at radius 2 is 1.96 bits per heavy atom. The van der Waals surface area contributed by atoms with Crippen LogP contribution in [-0.2, 0) is 14.2 Å². The molecule has 2 aliphatic heterocycles. The van der Waals surface area contributed by atoms with Gasteiger partial charge >= 0.3 is 6.09 Å². The molecule has 1 aliphatic carbocycles. The lowest BCUT2D eigenvalue weighted by molar-refractivity contribution is -0.227. The van der Waals surface area contributed by atoms with Gasteiger partial charge in [0.15, 0.2) is 5.79 Å². The highest BCUT2D eigenvalue weighted by Crippen LogP contribution is 2.53. The van der Waals surface area contributed by atoms with Crippen LogP contribution in [0.1, 0.15) is 53.4 Å². The number of piperidine rings is 1. The van der Waals surface area contributed by atoms with E-state index in [1.165, 1.54) is 0 Å². The van der Waals surface area contributed by atoms with Crippen LogP contribution in [0.25, 0.3) is 0 Å². The molecule has 2 heterocycles. The molecule has 0 radical (unpaired) electrons. The van der Waals surface area contributed by atoms with Gasteiger partial charge < -0.3 is 24.2 Å². The molecule has 0 aromatic heterocycles. The Hall–Kier alpha value is -0.850. The van der Waals surface area contributed by atoms with Gasteiger partial charge in [0.1, 0.15) is 5.60 Å². The molecule has 3 rings (SSSR count). The Kier molecular flexibility index (Phi) is 4.60. The van der Waals surface area contributed by atoms with Crippen molar-refractivity contribution < 1.29 is 24.1 Å². The minimum atomic E-state index is -0.506. The van der Waals surface area contributed by atoms with Crippen molar-refractivity contribution in [2.24, 2.45) is 11.3 Å². The monoisotopic (exact) mass is 341 g/mol. The summed E-state index contributed by atoms with van der Waals surface area (Å²) in [6.45, 7) is 9.98. The van der Waals surface area contributed by atoms with Gasteiger partial charge in [-0.1, -0.05) is 0 Å². The summed E-state index contributed by atoms with van der Waals surface area (Å²) in [6.07, 6.45) is 2.46. The van der Waals surface area contributed by atoms with Crippen LogP contribution in [0.15, 0.2) is 0 Å². The molecule has 0 aromatic carbocycles. The number of amides is 1. The fourth-order valence-electron chi connectivity index (χ4n) is 4.58. The second-order valence-electron chi connectivity index (χ2n) is 8.61. The average Bonchev–Trinajstić information content (AvgIpc) is 2.93. The first-order chi connectivity index (χ1) is 11.2. The van der Waals surface area contributed by atoms with Crippen molar-refractivity contribution in [3.05, 3.63) is 0 Å². The van der Waals surface area contributed by atoms with Crippen LogP contribution in [0.2, 0.25) is 0 Å². The first-order valence-corrected chi connectivity index (χ1v) is 9.10. The van der Waals surface area contributed by atoms with Gasteiger partial charge in [0.25, 0.3) is 0 Å². The fraction of sp³-hybridized carbons (Fsp3) is 0.944. The number of aliphatic hydroxyl groups excluding tert-OH is 1. The van der Waals surface area contributed by atoms with Crippen LogP contribution in [0.5, 0.6) is 0 Å². The summed E-state index contributed by atoms with van der Waals surface area (Å²) in [7, 11) is 0. The highest BCUT2D eigenvalue weighted by molar-refractivity contribution is 5.68. The first-order valence-electron chi connectivity index (χ1n) is 9.10. The third-order valence-electron chi connectivity index (χ3n) is 5.87. The predicted molar refractivity (Wildman–Crippen MR) is 88.5 cm³/mol. The smallest absolute Gasteiger partial charge is 0.410 e. The van der Waals surface area contributed by atoms with Crippen LogP contribution in [-0.4, -0.2) is 59.9 Å². The summed E-state index contributed by atoms with van der Waals surface area (Å²) in [6, 6.07) is 0. The topological polar surface area (TPSA) is 68.2 Å². The Morgan fingerprint density at radius 3 is 2.54 bits per heavy atom. The highest BCUT2D eigenvalue weighted by Gasteiger charge is 2.56. The number of likely N-dealkylation sites (tertiary alicyclic amines) is 1. The van der Waals surface area contributed by atoms with Gasteiger partial charge in [-0.15, -0.1) is 0 Å². The summed E-state index contributed by atoms with van der Waals surface area (Å²) >= 11 is 0. The predicted octanol–water partition coefficient (Wildman–Crippen LogP) is 2.54. The van der Waals surface area contributed by atoms with E-state index in [0.29, 0.717) is 32.2 Å². The number of hydrogen-bond acceptors (Lipinski definition) is 5. The molecule has 6 heteroatoms. The zero-order valence-corrected chi connectivity index (χ0v) is 15.3. The molecule has 3 atom stereocenters. The number of rotatable bonds is 1. The molecule has 1 saturated carbocycles. The van der Waals surface area contributed by atoms with E-state index < -0.39 is 17.5 Å². The van der Waals surface area contributed by atoms with Gasteiger partial charge in [0, 0.05) is 31.3 Å². The van der Waals surface area contributed by atoms with Crippen molar-refractivity contribution in [3.8, 4) is 0 Å². The molecule has 138 valence electrons. The quantitative estimate of drug-likeness (QED) is 0.794. The minimum absolute atomic E-state index is 0.283. The van der Waals surface area contributed by atoms with E-state index in [4.69, 9.17) is 14.2 Å². The number of carbonyl (C=O) groups excluding carboxylic acids is 1. The molecule has 2 saturated heterocycles. The van der Waals surface area contributed by atoms with Crippen molar-refractivity contribution in [1.82, 2.24) is 4.90 Å². The standard InChI is InChI=1S/C18H31NO5/c1-13(20)17-6-7-18(22-9-10-23-18)11-14(17)5-8-19(12-17)15(21)24-16(2,3)4/h13-14,20H,5-12H2,1-4H3/t13?,14-,17+/m0/s1. The van der Waals surface area contributed by atoms with Gasteiger partial charge in [-0.25, -0.2) is 4.79 Å². The third-order valence-corrected chi connectivity index (χ3v) is 5.87. The highest BCUT2D eigenvalue weighted by atomic mass is 16.7. The van der Waals surface area contributed by atoms with E-state index in [9.17, 15) is 9.90 Å². The number of fused-ring (bicyclic) bond motifs is 1. The average molecular weight is 341 g/mol. The fourth-order valence-corrected chi connectivity index (χ4v) is 4.58. The summed E-state index contributed by atoms with van der Waals surface area (Å²) in [5.41, 5.74) is -0.802. The summed E-state index contributed by atoms with van der Waals surface area (Å²) in [5.74, 6) is -0.167. The van der Waals surface area contributed by atoms with Crippen molar-refractivity contribution in [3.63, 3.8) is 0 Å². The Bertz CT molecular complexity index is 480. The van der Waals surface area contributed by atoms with Crippen LogP contribution in [0, 0.1) is 11.3 Å². The molecule has 24 heavy (non-hydrogen) atoms. The maximum absolute atomic E-state index is 12.5. The van der Waals surface area contributed by atoms with Crippen LogP contribution in [0.3, 0.4) is 0 Å². The maximum atomic E-state index is 12.5. The molecule has 1 N–H and O–H groups in total. The van der Waals surface area contributed by atoms with E-state index in [0.717, 1.165) is 25.7 Å². The zero-order valence-electron chi connectivity index (χ0n) is 15.3. The van der Waals surface area contributed by atoms with E-state index in [2.05, 4.69) is 0 Å². The molecular weight excluding hydrogens is 310 g/mol. The van der Waals surface area contributed by atoms with E-state index >= 15 is 0 Å². The molecule has 0 bridgehead atoms. The Labute approximate surface area is 144 Å². The molecule has 3 fully saturated rings. The minimum Gasteiger partial charge on any atom is -0.444 e. The van der Waals surface area contributed by atoms with Crippen molar-refractivity contribution in [1.29, 1.82) is 0 Å². The van der Waals surface area contributed by atoms with E-state index in [1.54, 1.807) is 4.90 Å². The molecule has 1 spiro atoms. The summed E-state index contributed by atoms with van der Waals surface area (Å²) < 4.78 is 17.3. The second kappa shape index (κ2) is 6.15. The summed E-state index contributed by atoms with van der Waals surface area (Å²) in [5, 5.41) is 10.6. The normalized spacial score (nSPS) is 34.0. The van der Waals surface area contributed by atoms with Gasteiger partial charge in [0.2, 0.25) is 0 Å². The summed E-state index contributed by atoms with van der Waals surface area (Å²) in [4.78, 5) is 14.2. The van der Waals surface area contributed by atoms with Crippen LogP contribution in [0.4, 0.5) is 4.79 Å². The molecule has 0 aromatic rings.